The van der Waals surface area contributed by atoms with Gasteiger partial charge < -0.3 is 69.0 Å². The van der Waals surface area contributed by atoms with Crippen LogP contribution in [0.1, 0.15) is 97.6 Å². The average Bonchev–Trinajstić information content (AvgIpc) is 3.88. The predicted molar refractivity (Wildman–Crippen MR) is 265 cm³/mol. The Bertz CT molecular complexity index is 2390. The molecule has 0 saturated carbocycles. The van der Waals surface area contributed by atoms with Crippen molar-refractivity contribution >= 4 is 69.1 Å². The number of fused-ring (bicyclic) bond motifs is 1. The van der Waals surface area contributed by atoms with Crippen LogP contribution in [0.3, 0.4) is 0 Å². The number of imidazole rings is 1. The molecule has 1 aliphatic heterocycles. The first kappa shape index (κ1) is 63.3. The van der Waals surface area contributed by atoms with E-state index in [-0.39, 0.29) is 41.6 Å². The number of phosphoric ester groups is 3. The van der Waals surface area contributed by atoms with E-state index in [1.54, 1.807) is 0 Å². The van der Waals surface area contributed by atoms with Gasteiger partial charge in [-0.1, -0.05) is 106 Å². The molecule has 2 amide bonds. The Kier molecular flexibility index (Phi) is 28.1. The highest BCUT2D eigenvalue weighted by Crippen LogP contribution is 2.56. The van der Waals surface area contributed by atoms with Crippen molar-refractivity contribution in [3.8, 4) is 0 Å². The molecule has 408 valence electrons. The maximum Gasteiger partial charge on any atom is 0.274 e. The van der Waals surface area contributed by atoms with Gasteiger partial charge in [-0.25, -0.2) is 19.3 Å². The second kappa shape index (κ2) is 32.4. The lowest BCUT2D eigenvalue weighted by Gasteiger charge is -2.36. The number of nitrogens with one attached hydrogen (secondary N) is 2. The van der Waals surface area contributed by atoms with Crippen molar-refractivity contribution in [1.29, 1.82) is 0 Å². The first-order valence-electron chi connectivity index (χ1n) is 23.5. The highest BCUT2D eigenvalue weighted by Gasteiger charge is 2.47. The lowest BCUT2D eigenvalue weighted by molar-refractivity contribution is -0.347. The minimum Gasteiger partial charge on any atom is -0.790 e. The molecular formula is C45H66N7O17P3S-4. The molecule has 1 fully saturated rings. The van der Waals surface area contributed by atoms with Crippen LogP contribution in [0.2, 0.25) is 0 Å². The molecule has 28 heteroatoms. The van der Waals surface area contributed by atoms with Crippen molar-refractivity contribution in [2.24, 2.45) is 5.41 Å². The van der Waals surface area contributed by atoms with Crippen molar-refractivity contribution in [2.75, 3.05) is 37.8 Å². The number of hydrogen-bond donors (Lipinski definition) is 5. The van der Waals surface area contributed by atoms with Crippen molar-refractivity contribution in [1.82, 2.24) is 30.2 Å². The molecule has 2 aromatic rings. The van der Waals surface area contributed by atoms with Crippen molar-refractivity contribution in [3.63, 3.8) is 0 Å². The Hall–Kier alpha value is -4.00. The minimum absolute atomic E-state index is 0.0223. The fraction of sp³-hybridized carbons (Fsp3) is 0.556. The number of aliphatic hydroxyl groups excluding tert-OH is 2. The average molecular weight is 1100 g/mol. The number of aromatic nitrogens is 4. The number of carbonyl (C=O) groups excluding carboxylic acids is 3. The summed E-state index contributed by atoms with van der Waals surface area (Å²) in [6, 6.07) is 0. The van der Waals surface area contributed by atoms with Gasteiger partial charge in [-0.3, -0.25) is 28.1 Å². The van der Waals surface area contributed by atoms with Gasteiger partial charge in [0.15, 0.2) is 17.7 Å². The van der Waals surface area contributed by atoms with Crippen LogP contribution in [0, 0.1) is 5.41 Å². The summed E-state index contributed by atoms with van der Waals surface area (Å²) < 4.78 is 60.9. The van der Waals surface area contributed by atoms with Gasteiger partial charge in [0, 0.05) is 30.7 Å². The molecule has 2 unspecified atom stereocenters. The van der Waals surface area contributed by atoms with Crippen LogP contribution < -0.4 is 35.9 Å². The molecule has 0 bridgehead atoms. The highest BCUT2D eigenvalue weighted by molar-refractivity contribution is 8.14. The second-order valence-electron chi connectivity index (χ2n) is 16.9. The molecule has 73 heavy (non-hydrogen) atoms. The topological polar surface area (TPSA) is 375 Å². The van der Waals surface area contributed by atoms with Gasteiger partial charge in [0.25, 0.3) is 15.6 Å². The van der Waals surface area contributed by atoms with Crippen molar-refractivity contribution in [3.05, 3.63) is 85.6 Å². The van der Waals surface area contributed by atoms with Crippen molar-refractivity contribution in [2.45, 2.75) is 122 Å². The molecule has 1 aliphatic rings. The molecule has 0 aliphatic carbocycles. The quantitative estimate of drug-likeness (QED) is 0.0286. The number of rotatable bonds is 35. The van der Waals surface area contributed by atoms with Crippen LogP contribution >= 0.6 is 35.2 Å². The van der Waals surface area contributed by atoms with Gasteiger partial charge in [0.2, 0.25) is 16.9 Å². The number of ether oxygens (including phenoxy) is 1. The van der Waals surface area contributed by atoms with Gasteiger partial charge in [0.1, 0.15) is 36.3 Å². The Morgan fingerprint density at radius 2 is 1.47 bits per heavy atom. The Morgan fingerprint density at radius 1 is 0.863 bits per heavy atom. The van der Waals surface area contributed by atoms with E-state index in [1.165, 1.54) is 19.9 Å². The van der Waals surface area contributed by atoms with E-state index in [0.29, 0.717) is 5.75 Å². The van der Waals surface area contributed by atoms with Crippen LogP contribution in [-0.2, 0) is 50.7 Å². The zero-order chi connectivity index (χ0) is 53.9. The molecule has 0 aromatic carbocycles. The minimum atomic E-state index is -5.93. The molecule has 0 spiro atoms. The van der Waals surface area contributed by atoms with E-state index in [9.17, 15) is 57.9 Å². The number of carbonyl (C=O) groups is 3. The zero-order valence-electron chi connectivity index (χ0n) is 40.9. The summed E-state index contributed by atoms with van der Waals surface area (Å²) in [5.74, 6) is -1.24. The van der Waals surface area contributed by atoms with E-state index in [2.05, 4.69) is 111 Å². The molecule has 7 atom stereocenters. The van der Waals surface area contributed by atoms with E-state index in [1.807, 2.05) is 6.08 Å². The first-order valence-corrected chi connectivity index (χ1v) is 28.8. The predicted octanol–water partition coefficient (Wildman–Crippen LogP) is 3.39. The third-order valence-corrected chi connectivity index (χ3v) is 14.2. The second-order valence-corrected chi connectivity index (χ2v) is 22.1. The number of phosphoric acid groups is 3. The molecule has 2 aromatic heterocycles. The summed E-state index contributed by atoms with van der Waals surface area (Å²) in [6.07, 6.45) is 27.2. The van der Waals surface area contributed by atoms with E-state index < -0.39 is 84.6 Å². The van der Waals surface area contributed by atoms with E-state index in [4.69, 9.17) is 10.5 Å². The molecule has 1 saturated heterocycles. The normalized spacial score (nSPS) is 20.1. The number of hydrogen-bond acceptors (Lipinski definition) is 22. The van der Waals surface area contributed by atoms with Crippen LogP contribution in [0.15, 0.2) is 85.6 Å². The number of unbranched alkanes of at least 4 members (excludes halogenated alkanes) is 4. The Balaban J connectivity index is 1.27. The SMILES string of the molecule is CC/C=C\C/C=C\C/C=C\C/C=C\C/C=C\CCCCC/C=C/C(=O)SCCNC(=O)CCNC(=O)[C@H](O)C(C)(C)COP(=O)([O-])OP(=O)([O-])OC[C@H]1O[C@@H](n2cnc3c(N)ncnc32)[C@H](O)[C@@H]1OP(=O)([O-])[O-]. The number of amides is 2. The van der Waals surface area contributed by atoms with Crippen LogP contribution in [0.5, 0.6) is 0 Å². The van der Waals surface area contributed by atoms with Gasteiger partial charge in [-0.05, 0) is 63.9 Å². The third kappa shape index (κ3) is 24.9. The number of anilines is 1. The zero-order valence-corrected chi connectivity index (χ0v) is 44.4. The summed E-state index contributed by atoms with van der Waals surface area (Å²) in [5.41, 5.74) is 4.08. The molecule has 24 nitrogen and oxygen atoms in total. The summed E-state index contributed by atoms with van der Waals surface area (Å²) in [7, 11) is -17.6. The lowest BCUT2D eigenvalue weighted by atomic mass is 9.87. The molecular weight excluding hydrogens is 1040 g/mol. The fourth-order valence-corrected chi connectivity index (χ4v) is 9.89. The number of allylic oxidation sites excluding steroid dienone is 11. The standard InChI is InChI=1S/C45H70N7O17P3S/c1-4-5-6-7-8-9-10-11-12-13-14-15-16-17-18-19-20-21-22-23-24-25-36(54)73-29-28-47-35(53)26-27-48-43(57)40(56)45(2,3)31-66-72(63,64)69-71(61,62)65-30-34-39(68-70(58,59)60)38(55)44(67-34)52-33-51-37-41(46)49-32-50-42(37)52/h5-6,8-9,11-12,14-15,17-18,24-25,32-34,38-40,44,55-56H,4,7,10,13,16,19-23,26-31H2,1-3H3,(H,47,53)(H,48,57)(H,61,62)(H,63,64)(H2,46,49,50)(H2,58,59,60)/p-4/b6-5-,9-8-,12-11-,15-14-,18-17-,25-24+/t34-,38-,39-,40+,44-/m1/s1. The van der Waals surface area contributed by atoms with Crippen LogP contribution in [-0.4, -0.2) is 103 Å². The molecule has 0 radical (unpaired) electrons. The van der Waals surface area contributed by atoms with E-state index in [0.717, 1.165) is 93.2 Å². The summed E-state index contributed by atoms with van der Waals surface area (Å²) in [6.45, 7) is 2.20. The number of nitrogens with two attached hydrogens (primary N) is 1. The summed E-state index contributed by atoms with van der Waals surface area (Å²) in [4.78, 5) is 96.9. The maximum absolute atomic E-state index is 12.7. The number of nitrogens with zero attached hydrogens (tertiary/aromatic N) is 4. The first-order chi connectivity index (χ1) is 34.6. The summed E-state index contributed by atoms with van der Waals surface area (Å²) >= 11 is 1.04. The largest absolute Gasteiger partial charge is 0.790 e. The maximum atomic E-state index is 12.7. The number of aliphatic hydroxyl groups is 2. The fourth-order valence-electron chi connectivity index (χ4n) is 6.56. The van der Waals surface area contributed by atoms with E-state index >= 15 is 0 Å². The van der Waals surface area contributed by atoms with Gasteiger partial charge in [-0.2, -0.15) is 0 Å². The van der Waals surface area contributed by atoms with Gasteiger partial charge >= 0.3 is 0 Å². The van der Waals surface area contributed by atoms with Crippen molar-refractivity contribution < 1.29 is 80.5 Å². The third-order valence-electron chi connectivity index (χ3n) is 10.4. The van der Waals surface area contributed by atoms with Crippen LogP contribution in [0.25, 0.3) is 11.2 Å². The molecule has 6 N–H and O–H groups in total. The van der Waals surface area contributed by atoms with Crippen LogP contribution in [0.4, 0.5) is 5.82 Å². The molecule has 3 rings (SSSR count). The number of thioether (sulfide) groups is 1. The molecule has 3 heterocycles. The summed E-state index contributed by atoms with van der Waals surface area (Å²) in [5, 5.41) is 26.3. The number of nitrogen functional groups attached to an aromatic ring is 1. The Labute approximate surface area is 429 Å². The van der Waals surface area contributed by atoms with Gasteiger partial charge in [-0.15, -0.1) is 0 Å². The highest BCUT2D eigenvalue weighted by atomic mass is 32.2. The van der Waals surface area contributed by atoms with Gasteiger partial charge in [0.05, 0.1) is 27.4 Å². The lowest BCUT2D eigenvalue weighted by Crippen LogP contribution is -2.46. The monoisotopic (exact) mass is 1100 g/mol. The smallest absolute Gasteiger partial charge is 0.274 e. The Morgan fingerprint density at radius 3 is 2.10 bits per heavy atom.